The molecule has 0 aromatic heterocycles. The summed E-state index contributed by atoms with van der Waals surface area (Å²) < 4.78 is 5.09. The van der Waals surface area contributed by atoms with Crippen molar-refractivity contribution in [1.29, 1.82) is 0 Å². The molecule has 1 saturated carbocycles. The molecule has 1 rings (SSSR count). The molecule has 1 aliphatic carbocycles. The molecule has 0 aromatic carbocycles. The van der Waals surface area contributed by atoms with Crippen LogP contribution >= 0.6 is 47.8 Å². The Labute approximate surface area is 102 Å². The van der Waals surface area contributed by atoms with Gasteiger partial charge in [-0.2, -0.15) is 0 Å². The summed E-state index contributed by atoms with van der Waals surface area (Å²) in [6, 6.07) is 0. The highest BCUT2D eigenvalue weighted by Gasteiger charge is 2.67. The summed E-state index contributed by atoms with van der Waals surface area (Å²) in [7, 11) is 0. The standard InChI is InChI=1S/C8H9Br3O2/c1-5(3-12)13-6(2)7(9)4-8(7,10)11/h6H,4H2,1-2H3. The fraction of sp³-hybridized carbons (Fsp3) is 0.750. The Balaban J connectivity index is 2.61. The number of allylic oxidation sites excluding steroid dienone is 1. The Morgan fingerprint density at radius 1 is 1.54 bits per heavy atom. The minimum atomic E-state index is -0.141. The van der Waals surface area contributed by atoms with E-state index in [0.29, 0.717) is 0 Å². The third-order valence-corrected chi connectivity index (χ3v) is 6.75. The maximum atomic E-state index is 10.2. The average Bonchev–Trinajstić information content (AvgIpc) is 2.52. The molecule has 2 nitrogen and oxygen atoms in total. The monoisotopic (exact) mass is 374 g/mol. The summed E-state index contributed by atoms with van der Waals surface area (Å²) in [5.74, 6) is 2.00. The third kappa shape index (κ3) is 2.20. The van der Waals surface area contributed by atoms with E-state index in [-0.39, 0.29) is 19.4 Å². The van der Waals surface area contributed by atoms with E-state index < -0.39 is 0 Å². The number of alkyl halides is 3. The fourth-order valence-electron chi connectivity index (χ4n) is 1.10. The molecule has 0 aliphatic heterocycles. The van der Waals surface area contributed by atoms with Crippen molar-refractivity contribution in [2.75, 3.05) is 0 Å². The van der Waals surface area contributed by atoms with Gasteiger partial charge < -0.3 is 4.74 Å². The Kier molecular flexibility index (Phi) is 3.34. The van der Waals surface area contributed by atoms with Crippen LogP contribution in [0.3, 0.4) is 0 Å². The molecule has 1 aliphatic rings. The van der Waals surface area contributed by atoms with E-state index in [2.05, 4.69) is 47.8 Å². The lowest BCUT2D eigenvalue weighted by molar-refractivity contribution is 0.129. The molecule has 0 radical (unpaired) electrons. The van der Waals surface area contributed by atoms with Gasteiger partial charge in [0.1, 0.15) is 9.34 Å². The largest absolute Gasteiger partial charge is 0.482 e. The van der Waals surface area contributed by atoms with Gasteiger partial charge >= 0.3 is 0 Å². The van der Waals surface area contributed by atoms with Crippen LogP contribution in [-0.4, -0.2) is 19.6 Å². The van der Waals surface area contributed by atoms with Gasteiger partial charge in [0.15, 0.2) is 11.7 Å². The van der Waals surface area contributed by atoms with Crippen LogP contribution < -0.4 is 0 Å². The first kappa shape index (κ1) is 11.8. The van der Waals surface area contributed by atoms with Crippen molar-refractivity contribution >= 4 is 53.7 Å². The highest BCUT2D eigenvalue weighted by Crippen LogP contribution is 2.67. The van der Waals surface area contributed by atoms with Crippen molar-refractivity contribution in [2.24, 2.45) is 0 Å². The van der Waals surface area contributed by atoms with Crippen LogP contribution in [-0.2, 0) is 9.53 Å². The van der Waals surface area contributed by atoms with E-state index in [1.165, 1.54) is 0 Å². The zero-order valence-electron chi connectivity index (χ0n) is 7.23. The molecule has 0 N–H and O–H groups in total. The number of rotatable bonds is 3. The molecule has 1 fully saturated rings. The van der Waals surface area contributed by atoms with Crippen LogP contribution in [0.15, 0.2) is 5.76 Å². The van der Waals surface area contributed by atoms with Crippen molar-refractivity contribution in [3.63, 3.8) is 0 Å². The molecule has 2 unspecified atom stereocenters. The molecule has 74 valence electrons. The quantitative estimate of drug-likeness (QED) is 0.429. The van der Waals surface area contributed by atoms with Gasteiger partial charge in [0.05, 0.1) is 4.32 Å². The maximum Gasteiger partial charge on any atom is 0.176 e. The number of halogens is 3. The molecule has 2 atom stereocenters. The highest BCUT2D eigenvalue weighted by atomic mass is 79.9. The molecular weight excluding hydrogens is 368 g/mol. The minimum Gasteiger partial charge on any atom is -0.482 e. The van der Waals surface area contributed by atoms with Gasteiger partial charge in [0, 0.05) is 6.92 Å². The lowest BCUT2D eigenvalue weighted by Gasteiger charge is -2.20. The Morgan fingerprint density at radius 3 is 2.31 bits per heavy atom. The summed E-state index contributed by atoms with van der Waals surface area (Å²) >= 11 is 10.6. The molecule has 5 heteroatoms. The van der Waals surface area contributed by atoms with E-state index in [4.69, 9.17) is 4.74 Å². The zero-order valence-corrected chi connectivity index (χ0v) is 12.0. The first-order chi connectivity index (χ1) is 5.83. The van der Waals surface area contributed by atoms with Gasteiger partial charge in [0.2, 0.25) is 0 Å². The van der Waals surface area contributed by atoms with Crippen molar-refractivity contribution in [3.05, 3.63) is 5.76 Å². The van der Waals surface area contributed by atoms with Crippen molar-refractivity contribution in [2.45, 2.75) is 33.9 Å². The Morgan fingerprint density at radius 2 is 2.00 bits per heavy atom. The lowest BCUT2D eigenvalue weighted by atomic mass is 10.2. The summed E-state index contributed by atoms with van der Waals surface area (Å²) in [6.45, 7) is 3.52. The molecule has 0 aromatic rings. The van der Waals surface area contributed by atoms with Gasteiger partial charge in [-0.25, -0.2) is 4.79 Å². The third-order valence-electron chi connectivity index (χ3n) is 2.10. The SMILES string of the molecule is CC(=C=O)OC(C)C1(Br)CC1(Br)Br. The predicted octanol–water partition coefficient (Wildman–Crippen LogP) is 3.15. The summed E-state index contributed by atoms with van der Waals surface area (Å²) in [6.07, 6.45) is 0.834. The molecule has 0 heterocycles. The summed E-state index contributed by atoms with van der Waals surface area (Å²) in [5, 5.41) is 0. The van der Waals surface area contributed by atoms with Gasteiger partial charge in [-0.15, -0.1) is 0 Å². The van der Waals surface area contributed by atoms with Gasteiger partial charge in [-0.1, -0.05) is 47.8 Å². The van der Waals surface area contributed by atoms with Crippen LogP contribution in [0.25, 0.3) is 0 Å². The van der Waals surface area contributed by atoms with Gasteiger partial charge in [-0.05, 0) is 13.3 Å². The maximum absolute atomic E-state index is 10.2. The van der Waals surface area contributed by atoms with Gasteiger partial charge in [0.25, 0.3) is 0 Å². The average molecular weight is 377 g/mol. The Bertz CT molecular complexity index is 271. The minimum absolute atomic E-state index is 0.0762. The van der Waals surface area contributed by atoms with Crippen LogP contribution in [0.2, 0.25) is 0 Å². The summed E-state index contributed by atoms with van der Waals surface area (Å²) in [5.41, 5.74) is 0. The van der Waals surface area contributed by atoms with Crippen LogP contribution in [0, 0.1) is 0 Å². The van der Waals surface area contributed by atoms with E-state index in [9.17, 15) is 4.79 Å². The smallest absolute Gasteiger partial charge is 0.176 e. The Hall–Kier alpha value is 0.690. The second-order valence-electron chi connectivity index (χ2n) is 3.16. The summed E-state index contributed by atoms with van der Waals surface area (Å²) in [4.78, 5) is 10.2. The first-order valence-electron chi connectivity index (χ1n) is 3.78. The van der Waals surface area contributed by atoms with E-state index in [1.807, 2.05) is 6.92 Å². The second-order valence-corrected chi connectivity index (χ2v) is 8.35. The highest BCUT2D eigenvalue weighted by molar-refractivity contribution is 9.26. The number of hydrogen-bond acceptors (Lipinski definition) is 2. The van der Waals surface area contributed by atoms with Crippen molar-refractivity contribution in [1.82, 2.24) is 0 Å². The van der Waals surface area contributed by atoms with Crippen molar-refractivity contribution < 1.29 is 9.53 Å². The van der Waals surface area contributed by atoms with Crippen LogP contribution in [0.4, 0.5) is 0 Å². The number of hydrogen-bond donors (Lipinski definition) is 0. The molecule has 0 bridgehead atoms. The molecule has 13 heavy (non-hydrogen) atoms. The molecule has 0 spiro atoms. The normalized spacial score (nSPS) is 31.8. The van der Waals surface area contributed by atoms with E-state index in [0.717, 1.165) is 6.42 Å². The lowest BCUT2D eigenvalue weighted by Crippen LogP contribution is -2.26. The van der Waals surface area contributed by atoms with E-state index >= 15 is 0 Å². The molecular formula is C8H9Br3O2. The van der Waals surface area contributed by atoms with Crippen LogP contribution in [0.1, 0.15) is 20.3 Å². The molecule has 0 saturated heterocycles. The fourth-order valence-corrected chi connectivity index (χ4v) is 3.90. The second kappa shape index (κ2) is 3.69. The number of ether oxygens (including phenoxy) is 1. The van der Waals surface area contributed by atoms with Crippen molar-refractivity contribution in [3.8, 4) is 0 Å². The van der Waals surface area contributed by atoms with E-state index in [1.54, 1.807) is 12.9 Å². The first-order valence-corrected chi connectivity index (χ1v) is 6.16. The zero-order chi connectivity index (χ0) is 10.3. The number of carbonyl (C=O) groups excluding carboxylic acids is 1. The topological polar surface area (TPSA) is 26.3 Å². The van der Waals surface area contributed by atoms with Gasteiger partial charge in [-0.3, -0.25) is 0 Å². The predicted molar refractivity (Wildman–Crippen MR) is 62.3 cm³/mol. The molecule has 0 amide bonds. The van der Waals surface area contributed by atoms with Crippen LogP contribution in [0.5, 0.6) is 0 Å².